The first-order chi connectivity index (χ1) is 10.1. The van der Waals surface area contributed by atoms with Crippen LogP contribution in [0.15, 0.2) is 45.5 Å². The lowest BCUT2D eigenvalue weighted by atomic mass is 10.2. The Bertz CT molecular complexity index is 657. The van der Waals surface area contributed by atoms with E-state index in [0.717, 1.165) is 0 Å². The molecule has 0 saturated heterocycles. The molecule has 0 aliphatic rings. The molecule has 0 unspecified atom stereocenters. The normalized spacial score (nSPS) is 10.2. The van der Waals surface area contributed by atoms with Crippen molar-refractivity contribution in [1.29, 1.82) is 0 Å². The lowest BCUT2D eigenvalue weighted by Crippen LogP contribution is -2.34. The molecule has 0 bridgehead atoms. The number of halogens is 2. The van der Waals surface area contributed by atoms with Gasteiger partial charge in [-0.1, -0.05) is 17.7 Å². The minimum Gasteiger partial charge on any atom is -0.444 e. The van der Waals surface area contributed by atoms with Crippen LogP contribution in [-0.4, -0.2) is 24.9 Å². The summed E-state index contributed by atoms with van der Waals surface area (Å²) in [5.74, 6) is -0.367. The van der Waals surface area contributed by atoms with Crippen molar-refractivity contribution in [2.24, 2.45) is 0 Å². The van der Waals surface area contributed by atoms with Gasteiger partial charge in [0.05, 0.1) is 0 Å². The average Bonchev–Trinajstić information content (AvgIpc) is 2.90. The predicted molar refractivity (Wildman–Crippen MR) is 82.5 cm³/mol. The van der Waals surface area contributed by atoms with Crippen molar-refractivity contribution in [2.45, 2.75) is 0 Å². The van der Waals surface area contributed by atoms with Crippen LogP contribution in [0.3, 0.4) is 0 Å². The number of carbonyl (C=O) groups excluding carboxylic acids is 2. The molecule has 110 valence electrons. The minimum atomic E-state index is -0.335. The van der Waals surface area contributed by atoms with Crippen LogP contribution in [0.25, 0.3) is 0 Å². The van der Waals surface area contributed by atoms with Crippen molar-refractivity contribution in [3.8, 4) is 0 Å². The first-order valence-electron chi connectivity index (χ1n) is 6.13. The van der Waals surface area contributed by atoms with Crippen molar-refractivity contribution >= 4 is 39.3 Å². The molecule has 2 rings (SSSR count). The maximum atomic E-state index is 11.8. The molecule has 0 atom stereocenters. The van der Waals surface area contributed by atoms with Gasteiger partial charge < -0.3 is 15.1 Å². The second-order valence-electron chi connectivity index (χ2n) is 4.13. The summed E-state index contributed by atoms with van der Waals surface area (Å²) in [6.07, 6.45) is 0. The molecule has 2 aromatic rings. The molecule has 1 heterocycles. The fourth-order valence-corrected chi connectivity index (χ4v) is 2.10. The summed E-state index contributed by atoms with van der Waals surface area (Å²) < 4.78 is 5.60. The molecule has 0 saturated carbocycles. The number of nitrogens with one attached hydrogen (secondary N) is 2. The third-order valence-corrected chi connectivity index (χ3v) is 3.24. The van der Waals surface area contributed by atoms with Gasteiger partial charge in [0.25, 0.3) is 11.8 Å². The van der Waals surface area contributed by atoms with Crippen LogP contribution in [0, 0.1) is 0 Å². The molecule has 7 heteroatoms. The summed E-state index contributed by atoms with van der Waals surface area (Å²) in [5.41, 5.74) is 0.476. The van der Waals surface area contributed by atoms with Crippen LogP contribution in [0.4, 0.5) is 0 Å². The van der Waals surface area contributed by atoms with Gasteiger partial charge in [0.1, 0.15) is 0 Å². The summed E-state index contributed by atoms with van der Waals surface area (Å²) in [5, 5.41) is 5.82. The van der Waals surface area contributed by atoms with E-state index in [4.69, 9.17) is 16.0 Å². The third-order valence-electron chi connectivity index (χ3n) is 2.58. The van der Waals surface area contributed by atoms with Gasteiger partial charge in [0.15, 0.2) is 10.4 Å². The zero-order valence-electron chi connectivity index (χ0n) is 10.9. The van der Waals surface area contributed by atoms with E-state index in [1.807, 2.05) is 0 Å². The fourth-order valence-electron chi connectivity index (χ4n) is 1.61. The molecule has 1 aromatic carbocycles. The number of amides is 2. The summed E-state index contributed by atoms with van der Waals surface area (Å²) in [6.45, 7) is 0.600. The molecular formula is C14H12BrClN2O3. The minimum absolute atomic E-state index is 0.211. The van der Waals surface area contributed by atoms with Gasteiger partial charge in [0.2, 0.25) is 0 Å². The highest BCUT2D eigenvalue weighted by Crippen LogP contribution is 2.13. The monoisotopic (exact) mass is 370 g/mol. The predicted octanol–water partition coefficient (Wildman–Crippen LogP) is 2.86. The lowest BCUT2D eigenvalue weighted by Gasteiger charge is -2.06. The van der Waals surface area contributed by atoms with Gasteiger partial charge in [0, 0.05) is 23.7 Å². The van der Waals surface area contributed by atoms with Crippen molar-refractivity contribution in [1.82, 2.24) is 10.6 Å². The Labute approximate surface area is 134 Å². The van der Waals surface area contributed by atoms with Gasteiger partial charge in [-0.3, -0.25) is 9.59 Å². The first-order valence-corrected chi connectivity index (χ1v) is 7.30. The lowest BCUT2D eigenvalue weighted by molar-refractivity contribution is 0.0909. The molecule has 2 N–H and O–H groups in total. The smallest absolute Gasteiger partial charge is 0.287 e. The maximum Gasteiger partial charge on any atom is 0.287 e. The van der Waals surface area contributed by atoms with Crippen LogP contribution in [0.2, 0.25) is 5.02 Å². The van der Waals surface area contributed by atoms with E-state index in [-0.39, 0.29) is 17.6 Å². The maximum absolute atomic E-state index is 11.8. The highest BCUT2D eigenvalue weighted by atomic mass is 79.9. The molecular weight excluding hydrogens is 360 g/mol. The molecule has 2 amide bonds. The molecule has 0 aliphatic carbocycles. The molecule has 0 spiro atoms. The molecule has 0 aliphatic heterocycles. The Morgan fingerprint density at radius 3 is 2.43 bits per heavy atom. The van der Waals surface area contributed by atoms with Crippen molar-refractivity contribution in [3.05, 3.63) is 57.4 Å². The third kappa shape index (κ3) is 4.61. The standard InChI is InChI=1S/C14H12BrClN2O3/c15-12-5-4-11(21-12)14(20)18-7-6-17-13(19)9-2-1-3-10(16)8-9/h1-5,8H,6-7H2,(H,17,19)(H,18,20). The number of furan rings is 1. The van der Waals surface area contributed by atoms with Crippen molar-refractivity contribution in [3.63, 3.8) is 0 Å². The van der Waals surface area contributed by atoms with E-state index in [1.165, 1.54) is 0 Å². The van der Waals surface area contributed by atoms with Gasteiger partial charge in [-0.05, 0) is 46.3 Å². The van der Waals surface area contributed by atoms with E-state index in [0.29, 0.717) is 28.3 Å². The number of rotatable bonds is 5. The first kappa shape index (κ1) is 15.6. The van der Waals surface area contributed by atoms with Gasteiger partial charge in [-0.15, -0.1) is 0 Å². The largest absolute Gasteiger partial charge is 0.444 e. The molecule has 5 nitrogen and oxygen atoms in total. The van der Waals surface area contributed by atoms with Crippen LogP contribution in [-0.2, 0) is 0 Å². The zero-order valence-corrected chi connectivity index (χ0v) is 13.2. The summed E-state index contributed by atoms with van der Waals surface area (Å²) in [6, 6.07) is 9.84. The summed E-state index contributed by atoms with van der Waals surface area (Å²) >= 11 is 8.93. The Hall–Kier alpha value is -1.79. The quantitative estimate of drug-likeness (QED) is 0.794. The second kappa shape index (κ2) is 7.28. The van der Waals surface area contributed by atoms with E-state index < -0.39 is 0 Å². The summed E-state index contributed by atoms with van der Waals surface area (Å²) in [4.78, 5) is 23.5. The topological polar surface area (TPSA) is 71.3 Å². The SMILES string of the molecule is O=C(NCCNC(=O)c1ccc(Br)o1)c1cccc(Cl)c1. The molecule has 1 aromatic heterocycles. The Kier molecular flexibility index (Phi) is 5.41. The van der Waals surface area contributed by atoms with Crippen LogP contribution in [0.5, 0.6) is 0 Å². The van der Waals surface area contributed by atoms with E-state index >= 15 is 0 Å². The second-order valence-corrected chi connectivity index (χ2v) is 5.34. The van der Waals surface area contributed by atoms with E-state index in [1.54, 1.807) is 36.4 Å². The van der Waals surface area contributed by atoms with E-state index in [9.17, 15) is 9.59 Å². The van der Waals surface area contributed by atoms with E-state index in [2.05, 4.69) is 26.6 Å². The Morgan fingerprint density at radius 1 is 1.10 bits per heavy atom. The molecule has 0 radical (unpaired) electrons. The summed E-state index contributed by atoms with van der Waals surface area (Å²) in [7, 11) is 0. The number of hydrogen-bond acceptors (Lipinski definition) is 3. The van der Waals surface area contributed by atoms with Gasteiger partial charge in [-0.2, -0.15) is 0 Å². The zero-order chi connectivity index (χ0) is 15.2. The van der Waals surface area contributed by atoms with Crippen LogP contribution >= 0.6 is 27.5 Å². The van der Waals surface area contributed by atoms with Gasteiger partial charge >= 0.3 is 0 Å². The highest BCUT2D eigenvalue weighted by molar-refractivity contribution is 9.10. The number of carbonyl (C=O) groups is 2. The van der Waals surface area contributed by atoms with Gasteiger partial charge in [-0.25, -0.2) is 0 Å². The van der Waals surface area contributed by atoms with Crippen LogP contribution < -0.4 is 10.6 Å². The van der Waals surface area contributed by atoms with Crippen LogP contribution in [0.1, 0.15) is 20.9 Å². The molecule has 21 heavy (non-hydrogen) atoms. The fraction of sp³-hybridized carbons (Fsp3) is 0.143. The molecule has 0 fully saturated rings. The highest BCUT2D eigenvalue weighted by Gasteiger charge is 2.10. The number of benzene rings is 1. The van der Waals surface area contributed by atoms with Crippen molar-refractivity contribution < 1.29 is 14.0 Å². The number of hydrogen-bond donors (Lipinski definition) is 2. The average molecular weight is 372 g/mol. The Morgan fingerprint density at radius 2 is 1.81 bits per heavy atom. The Balaban J connectivity index is 1.75. The van der Waals surface area contributed by atoms with Crippen molar-refractivity contribution in [2.75, 3.05) is 13.1 Å².